The molecular formula is C24H28N2O2S. The summed E-state index contributed by atoms with van der Waals surface area (Å²) in [4.78, 5) is 17.2. The largest absolute Gasteiger partial charge is 0.494 e. The molecule has 1 N–H and O–H groups in total. The quantitative estimate of drug-likeness (QED) is 0.398. The molecule has 0 atom stereocenters. The van der Waals surface area contributed by atoms with Crippen molar-refractivity contribution in [2.75, 3.05) is 11.9 Å². The van der Waals surface area contributed by atoms with Gasteiger partial charge in [-0.05, 0) is 36.1 Å². The Morgan fingerprint density at radius 1 is 1.14 bits per heavy atom. The third-order valence-corrected chi connectivity index (χ3v) is 5.47. The lowest BCUT2D eigenvalue weighted by Gasteiger charge is -2.07. The van der Waals surface area contributed by atoms with E-state index in [1.165, 1.54) is 16.9 Å². The Bertz CT molecular complexity index is 932. The van der Waals surface area contributed by atoms with Crippen molar-refractivity contribution in [2.45, 2.75) is 46.0 Å². The summed E-state index contributed by atoms with van der Waals surface area (Å²) in [6.07, 6.45) is 3.32. The van der Waals surface area contributed by atoms with Crippen molar-refractivity contribution in [3.8, 4) is 17.0 Å². The van der Waals surface area contributed by atoms with Crippen LogP contribution in [0.4, 0.5) is 5.13 Å². The van der Waals surface area contributed by atoms with Gasteiger partial charge in [0.05, 0.1) is 12.3 Å². The number of hydrogen-bond acceptors (Lipinski definition) is 4. The van der Waals surface area contributed by atoms with E-state index >= 15 is 0 Å². The van der Waals surface area contributed by atoms with E-state index in [0.717, 1.165) is 36.3 Å². The molecule has 29 heavy (non-hydrogen) atoms. The van der Waals surface area contributed by atoms with Crippen LogP contribution in [0.5, 0.6) is 5.75 Å². The molecule has 0 saturated heterocycles. The normalized spacial score (nSPS) is 10.9. The monoisotopic (exact) mass is 408 g/mol. The summed E-state index contributed by atoms with van der Waals surface area (Å²) in [6.45, 7) is 7.19. The first-order chi connectivity index (χ1) is 14.1. The van der Waals surface area contributed by atoms with Gasteiger partial charge in [0.2, 0.25) is 0 Å². The Kier molecular flexibility index (Phi) is 7.42. The summed E-state index contributed by atoms with van der Waals surface area (Å²) >= 11 is 1.43. The number of nitrogens with one attached hydrogen (secondary N) is 1. The molecule has 3 rings (SSSR count). The van der Waals surface area contributed by atoms with Gasteiger partial charge >= 0.3 is 0 Å². The van der Waals surface area contributed by atoms with Crippen molar-refractivity contribution in [3.63, 3.8) is 0 Å². The highest BCUT2D eigenvalue weighted by Gasteiger charge is 2.11. The lowest BCUT2D eigenvalue weighted by Crippen LogP contribution is -2.11. The van der Waals surface area contributed by atoms with Gasteiger partial charge in [0.15, 0.2) is 5.13 Å². The van der Waals surface area contributed by atoms with Crippen LogP contribution in [0.15, 0.2) is 53.9 Å². The number of amides is 1. The summed E-state index contributed by atoms with van der Waals surface area (Å²) in [5, 5.41) is 5.45. The van der Waals surface area contributed by atoms with E-state index in [0.29, 0.717) is 23.2 Å². The number of thiazole rings is 1. The smallest absolute Gasteiger partial charge is 0.257 e. The second kappa shape index (κ2) is 10.2. The van der Waals surface area contributed by atoms with Crippen molar-refractivity contribution < 1.29 is 9.53 Å². The summed E-state index contributed by atoms with van der Waals surface area (Å²) in [5.74, 6) is 1.04. The van der Waals surface area contributed by atoms with Gasteiger partial charge in [-0.2, -0.15) is 0 Å². The predicted molar refractivity (Wildman–Crippen MR) is 121 cm³/mol. The van der Waals surface area contributed by atoms with Gasteiger partial charge in [0, 0.05) is 16.5 Å². The summed E-state index contributed by atoms with van der Waals surface area (Å²) in [6, 6.07) is 15.7. The van der Waals surface area contributed by atoms with Gasteiger partial charge in [0.25, 0.3) is 5.91 Å². The third kappa shape index (κ3) is 5.91. The standard InChI is InChI=1S/C24H28N2O2S/c1-4-5-6-14-28-21-9-7-8-20(15-21)23(27)26-24-25-22(16-29-24)19-12-10-18(11-13-19)17(2)3/h7-13,15-17H,4-6,14H2,1-3H3,(H,25,26,27). The molecule has 0 aliphatic rings. The van der Waals surface area contributed by atoms with Crippen LogP contribution < -0.4 is 10.1 Å². The predicted octanol–water partition coefficient (Wildman–Crippen LogP) is 6.75. The number of hydrogen-bond donors (Lipinski definition) is 1. The highest BCUT2D eigenvalue weighted by atomic mass is 32.1. The van der Waals surface area contributed by atoms with Gasteiger partial charge in [-0.15, -0.1) is 11.3 Å². The molecular weight excluding hydrogens is 380 g/mol. The fourth-order valence-electron chi connectivity index (χ4n) is 2.94. The number of aromatic nitrogens is 1. The van der Waals surface area contributed by atoms with E-state index in [2.05, 4.69) is 55.3 Å². The molecule has 2 aromatic carbocycles. The van der Waals surface area contributed by atoms with Gasteiger partial charge in [-0.25, -0.2) is 4.98 Å². The summed E-state index contributed by atoms with van der Waals surface area (Å²) < 4.78 is 5.74. The van der Waals surface area contributed by atoms with Crippen molar-refractivity contribution in [1.82, 2.24) is 4.98 Å². The zero-order valence-electron chi connectivity index (χ0n) is 17.3. The molecule has 0 bridgehead atoms. The van der Waals surface area contributed by atoms with Gasteiger partial charge in [0.1, 0.15) is 5.75 Å². The molecule has 0 aliphatic heterocycles. The fraction of sp³-hybridized carbons (Fsp3) is 0.333. The SMILES string of the molecule is CCCCCOc1cccc(C(=O)Nc2nc(-c3ccc(C(C)C)cc3)cs2)c1. The molecule has 1 amide bonds. The van der Waals surface area contributed by atoms with Crippen LogP contribution in [0.1, 0.15) is 61.9 Å². The molecule has 4 nitrogen and oxygen atoms in total. The lowest BCUT2D eigenvalue weighted by atomic mass is 10.0. The fourth-order valence-corrected chi connectivity index (χ4v) is 3.66. The van der Waals surface area contributed by atoms with Gasteiger partial charge in [-0.1, -0.05) is 63.9 Å². The zero-order valence-corrected chi connectivity index (χ0v) is 18.1. The van der Waals surface area contributed by atoms with Gasteiger partial charge in [-0.3, -0.25) is 10.1 Å². The number of benzene rings is 2. The maximum atomic E-state index is 12.6. The molecule has 1 aromatic heterocycles. The number of rotatable bonds is 9. The number of anilines is 1. The third-order valence-electron chi connectivity index (χ3n) is 4.71. The van der Waals surface area contributed by atoms with Crippen LogP contribution in [0, 0.1) is 0 Å². The molecule has 3 aromatic rings. The second-order valence-corrected chi connectivity index (χ2v) is 8.21. The van der Waals surface area contributed by atoms with E-state index in [1.807, 2.05) is 17.5 Å². The maximum Gasteiger partial charge on any atom is 0.257 e. The molecule has 0 aliphatic carbocycles. The van der Waals surface area contributed by atoms with Crippen LogP contribution in [-0.2, 0) is 0 Å². The zero-order chi connectivity index (χ0) is 20.6. The Hall–Kier alpha value is -2.66. The number of nitrogens with zero attached hydrogens (tertiary/aromatic N) is 1. The number of carbonyl (C=O) groups excluding carboxylic acids is 1. The minimum absolute atomic E-state index is 0.180. The minimum Gasteiger partial charge on any atom is -0.494 e. The maximum absolute atomic E-state index is 12.6. The molecule has 0 unspecified atom stereocenters. The highest BCUT2D eigenvalue weighted by Crippen LogP contribution is 2.27. The number of unbranched alkanes of at least 4 members (excludes halogenated alkanes) is 2. The number of ether oxygens (including phenoxy) is 1. The van der Waals surface area contributed by atoms with E-state index in [9.17, 15) is 4.79 Å². The Morgan fingerprint density at radius 3 is 2.66 bits per heavy atom. The van der Waals surface area contributed by atoms with E-state index in [-0.39, 0.29) is 5.91 Å². The first kappa shape index (κ1) is 21.1. The first-order valence-electron chi connectivity index (χ1n) is 10.2. The van der Waals surface area contributed by atoms with Gasteiger partial charge < -0.3 is 4.74 Å². The average Bonchev–Trinajstić information content (AvgIpc) is 3.20. The van der Waals surface area contributed by atoms with Crippen LogP contribution in [0.3, 0.4) is 0 Å². The molecule has 0 radical (unpaired) electrons. The van der Waals surface area contributed by atoms with Crippen molar-refractivity contribution in [3.05, 3.63) is 65.0 Å². The average molecular weight is 409 g/mol. The highest BCUT2D eigenvalue weighted by molar-refractivity contribution is 7.14. The second-order valence-electron chi connectivity index (χ2n) is 7.35. The molecule has 0 spiro atoms. The summed E-state index contributed by atoms with van der Waals surface area (Å²) in [7, 11) is 0. The topological polar surface area (TPSA) is 51.2 Å². The van der Waals surface area contributed by atoms with E-state index in [4.69, 9.17) is 4.74 Å². The van der Waals surface area contributed by atoms with E-state index in [1.54, 1.807) is 12.1 Å². The van der Waals surface area contributed by atoms with Crippen molar-refractivity contribution >= 4 is 22.4 Å². The molecule has 152 valence electrons. The number of carbonyl (C=O) groups is 1. The Balaban J connectivity index is 1.62. The molecule has 5 heteroatoms. The molecule has 1 heterocycles. The first-order valence-corrected chi connectivity index (χ1v) is 11.0. The Labute approximate surface area is 177 Å². The minimum atomic E-state index is -0.180. The van der Waals surface area contributed by atoms with Crippen molar-refractivity contribution in [2.24, 2.45) is 0 Å². The summed E-state index contributed by atoms with van der Waals surface area (Å²) in [5.41, 5.74) is 3.78. The Morgan fingerprint density at radius 2 is 1.93 bits per heavy atom. The van der Waals surface area contributed by atoms with Crippen LogP contribution in [-0.4, -0.2) is 17.5 Å². The molecule has 0 fully saturated rings. The lowest BCUT2D eigenvalue weighted by molar-refractivity contribution is 0.102. The van der Waals surface area contributed by atoms with Crippen LogP contribution in [0.25, 0.3) is 11.3 Å². The van der Waals surface area contributed by atoms with Crippen molar-refractivity contribution in [1.29, 1.82) is 0 Å². The molecule has 0 saturated carbocycles. The van der Waals surface area contributed by atoms with Crippen LogP contribution in [0.2, 0.25) is 0 Å². The van der Waals surface area contributed by atoms with Crippen LogP contribution >= 0.6 is 11.3 Å². The van der Waals surface area contributed by atoms with E-state index < -0.39 is 0 Å².